The van der Waals surface area contributed by atoms with Crippen LogP contribution in [-0.4, -0.2) is 73.0 Å². The second kappa shape index (κ2) is 7.19. The summed E-state index contributed by atoms with van der Waals surface area (Å²) >= 11 is 0. The lowest BCUT2D eigenvalue weighted by molar-refractivity contribution is -0.145. The van der Waals surface area contributed by atoms with E-state index in [1.165, 1.54) is 11.2 Å². The van der Waals surface area contributed by atoms with E-state index >= 15 is 0 Å². The smallest absolute Gasteiger partial charge is 0.381 e. The van der Waals surface area contributed by atoms with E-state index in [1.807, 2.05) is 0 Å². The van der Waals surface area contributed by atoms with Crippen molar-refractivity contribution >= 4 is 10.0 Å². The molecule has 3 aliphatic rings. The molecule has 0 N–H and O–H groups in total. The van der Waals surface area contributed by atoms with Gasteiger partial charge < -0.3 is 4.74 Å². The number of likely N-dealkylation sites (tertiary alicyclic amines) is 1. The SMILES string of the molecule is Cc1nc(C(F)(F)F)ncc1S(=O)(=O)N1C[C@H]2CN(C3CCOCC3)C[C@H]2C1. The number of alkyl halides is 3. The molecule has 3 aliphatic heterocycles. The highest BCUT2D eigenvalue weighted by molar-refractivity contribution is 7.89. The summed E-state index contributed by atoms with van der Waals surface area (Å²) in [6.07, 6.45) is -1.92. The van der Waals surface area contributed by atoms with Gasteiger partial charge in [0.2, 0.25) is 15.8 Å². The zero-order valence-electron chi connectivity index (χ0n) is 15.5. The van der Waals surface area contributed by atoms with Gasteiger partial charge in [-0.3, -0.25) is 4.90 Å². The van der Waals surface area contributed by atoms with Crippen LogP contribution in [0.2, 0.25) is 0 Å². The third-order valence-corrected chi connectivity index (χ3v) is 7.93. The van der Waals surface area contributed by atoms with Gasteiger partial charge in [-0.25, -0.2) is 18.4 Å². The van der Waals surface area contributed by atoms with Crippen molar-refractivity contribution in [3.63, 3.8) is 0 Å². The molecule has 4 heterocycles. The van der Waals surface area contributed by atoms with E-state index in [1.54, 1.807) is 0 Å². The summed E-state index contributed by atoms with van der Waals surface area (Å²) in [5.41, 5.74) is -0.178. The summed E-state index contributed by atoms with van der Waals surface area (Å²) < 4.78 is 71.0. The normalized spacial score (nSPS) is 28.0. The average molecular weight is 420 g/mol. The first-order valence-corrected chi connectivity index (χ1v) is 10.8. The number of rotatable bonds is 3. The minimum atomic E-state index is -4.70. The molecular weight excluding hydrogens is 397 g/mol. The predicted molar refractivity (Wildman–Crippen MR) is 92.9 cm³/mol. The molecule has 0 spiro atoms. The highest BCUT2D eigenvalue weighted by atomic mass is 32.2. The number of sulfonamides is 1. The van der Waals surface area contributed by atoms with Gasteiger partial charge in [0, 0.05) is 45.4 Å². The third-order valence-electron chi connectivity index (χ3n) is 5.99. The van der Waals surface area contributed by atoms with Crippen molar-refractivity contribution in [3.05, 3.63) is 17.7 Å². The van der Waals surface area contributed by atoms with Gasteiger partial charge in [0.05, 0.1) is 11.9 Å². The maximum atomic E-state index is 13.0. The lowest BCUT2D eigenvalue weighted by Crippen LogP contribution is -2.40. The molecule has 4 rings (SSSR count). The van der Waals surface area contributed by atoms with Crippen molar-refractivity contribution in [1.29, 1.82) is 0 Å². The topological polar surface area (TPSA) is 75.6 Å². The van der Waals surface area contributed by atoms with Crippen LogP contribution < -0.4 is 0 Å². The van der Waals surface area contributed by atoms with Crippen molar-refractivity contribution in [1.82, 2.24) is 19.2 Å². The fraction of sp³-hybridized carbons (Fsp3) is 0.765. The Morgan fingerprint density at radius 1 is 1.11 bits per heavy atom. The summed E-state index contributed by atoms with van der Waals surface area (Å²) in [4.78, 5) is 8.79. The quantitative estimate of drug-likeness (QED) is 0.739. The van der Waals surface area contributed by atoms with Crippen molar-refractivity contribution in [3.8, 4) is 0 Å². The van der Waals surface area contributed by atoms with Crippen LogP contribution in [0.5, 0.6) is 0 Å². The van der Waals surface area contributed by atoms with E-state index in [0.717, 1.165) is 45.3 Å². The van der Waals surface area contributed by atoms with Gasteiger partial charge in [0.15, 0.2) is 0 Å². The van der Waals surface area contributed by atoms with Gasteiger partial charge in [-0.05, 0) is 31.6 Å². The molecule has 11 heteroatoms. The van der Waals surface area contributed by atoms with Gasteiger partial charge in [0.1, 0.15) is 4.90 Å². The maximum Gasteiger partial charge on any atom is 0.451 e. The monoisotopic (exact) mass is 420 g/mol. The number of hydrogen-bond acceptors (Lipinski definition) is 6. The second-order valence-corrected chi connectivity index (χ2v) is 9.69. The Balaban J connectivity index is 1.46. The molecule has 28 heavy (non-hydrogen) atoms. The number of aromatic nitrogens is 2. The lowest BCUT2D eigenvalue weighted by atomic mass is 10.0. The van der Waals surface area contributed by atoms with Crippen LogP contribution in [0, 0.1) is 18.8 Å². The minimum absolute atomic E-state index is 0.178. The molecular formula is C17H23F3N4O3S. The van der Waals surface area contributed by atoms with Gasteiger partial charge in [0.25, 0.3) is 0 Å². The van der Waals surface area contributed by atoms with Gasteiger partial charge in [-0.15, -0.1) is 0 Å². The van der Waals surface area contributed by atoms with Crippen molar-refractivity contribution in [2.24, 2.45) is 11.8 Å². The Hall–Kier alpha value is -1.30. The van der Waals surface area contributed by atoms with E-state index in [9.17, 15) is 21.6 Å². The standard InChI is InChI=1S/C17H23F3N4O3S/c1-11-15(6-21-16(22-11)17(18,19)20)28(25,26)24-9-12-7-23(8-13(12)10-24)14-2-4-27-5-3-14/h6,12-14H,2-5,7-10H2,1H3/t12-,13+. The molecule has 0 bridgehead atoms. The summed E-state index contributed by atoms with van der Waals surface area (Å²) in [5, 5.41) is 0. The summed E-state index contributed by atoms with van der Waals surface area (Å²) in [7, 11) is -3.91. The first-order chi connectivity index (χ1) is 13.2. The number of hydrogen-bond donors (Lipinski definition) is 0. The number of ether oxygens (including phenoxy) is 1. The molecule has 0 aromatic carbocycles. The van der Waals surface area contributed by atoms with Crippen LogP contribution in [0.25, 0.3) is 0 Å². The Kier molecular flexibility index (Phi) is 5.13. The predicted octanol–water partition coefficient (Wildman–Crippen LogP) is 1.54. The lowest BCUT2D eigenvalue weighted by Gasteiger charge is -2.32. The molecule has 0 saturated carbocycles. The van der Waals surface area contributed by atoms with Crippen LogP contribution in [0.15, 0.2) is 11.1 Å². The number of halogens is 3. The molecule has 7 nitrogen and oxygen atoms in total. The van der Waals surface area contributed by atoms with E-state index in [4.69, 9.17) is 4.74 Å². The van der Waals surface area contributed by atoms with Crippen LogP contribution in [0.1, 0.15) is 24.4 Å². The Bertz CT molecular complexity index is 829. The van der Waals surface area contributed by atoms with E-state index in [0.29, 0.717) is 19.1 Å². The highest BCUT2D eigenvalue weighted by Crippen LogP contribution is 2.37. The van der Waals surface area contributed by atoms with E-state index < -0.39 is 22.0 Å². The summed E-state index contributed by atoms with van der Waals surface area (Å²) in [5.74, 6) is -0.837. The molecule has 3 fully saturated rings. The van der Waals surface area contributed by atoms with Gasteiger partial charge >= 0.3 is 6.18 Å². The van der Waals surface area contributed by atoms with Crippen molar-refractivity contribution in [2.75, 3.05) is 39.4 Å². The number of aryl methyl sites for hydroxylation is 1. The zero-order chi connectivity index (χ0) is 20.1. The molecule has 1 aromatic rings. The van der Waals surface area contributed by atoms with Crippen LogP contribution >= 0.6 is 0 Å². The van der Waals surface area contributed by atoms with Crippen LogP contribution in [0.4, 0.5) is 13.2 Å². The Morgan fingerprint density at radius 2 is 1.71 bits per heavy atom. The second-order valence-electron chi connectivity index (χ2n) is 7.78. The van der Waals surface area contributed by atoms with E-state index in [-0.39, 0.29) is 22.4 Å². The molecule has 156 valence electrons. The van der Waals surface area contributed by atoms with E-state index in [2.05, 4.69) is 14.9 Å². The zero-order valence-corrected chi connectivity index (χ0v) is 16.3. The fourth-order valence-electron chi connectivity index (χ4n) is 4.52. The number of nitrogens with zero attached hydrogens (tertiary/aromatic N) is 4. The first-order valence-electron chi connectivity index (χ1n) is 9.39. The molecule has 0 aliphatic carbocycles. The molecule has 3 saturated heterocycles. The molecule has 0 amide bonds. The van der Waals surface area contributed by atoms with Crippen LogP contribution in [-0.2, 0) is 20.9 Å². The van der Waals surface area contributed by atoms with Gasteiger partial charge in [-0.2, -0.15) is 17.5 Å². The maximum absolute atomic E-state index is 13.0. The highest BCUT2D eigenvalue weighted by Gasteiger charge is 2.46. The van der Waals surface area contributed by atoms with Crippen molar-refractivity contribution < 1.29 is 26.3 Å². The Labute approximate surface area is 161 Å². The summed E-state index contributed by atoms with van der Waals surface area (Å²) in [6.45, 7) is 5.27. The molecule has 0 radical (unpaired) electrons. The van der Waals surface area contributed by atoms with Crippen molar-refractivity contribution in [2.45, 2.75) is 36.9 Å². The molecule has 1 aromatic heterocycles. The fourth-order valence-corrected chi connectivity index (χ4v) is 6.17. The number of fused-ring (bicyclic) bond motifs is 1. The Morgan fingerprint density at radius 3 is 2.25 bits per heavy atom. The van der Waals surface area contributed by atoms with Gasteiger partial charge in [-0.1, -0.05) is 0 Å². The minimum Gasteiger partial charge on any atom is -0.381 e. The average Bonchev–Trinajstić information content (AvgIpc) is 3.21. The third kappa shape index (κ3) is 3.64. The summed E-state index contributed by atoms with van der Waals surface area (Å²) in [6, 6.07) is 0.495. The first kappa shape index (κ1) is 20.0. The largest absolute Gasteiger partial charge is 0.451 e. The van der Waals surface area contributed by atoms with Crippen LogP contribution in [0.3, 0.4) is 0 Å². The molecule has 2 atom stereocenters. The molecule has 0 unspecified atom stereocenters.